The molecule has 0 aromatic heterocycles. The number of nitrogens with zero attached hydrogens (tertiary/aromatic N) is 2. The van der Waals surface area contributed by atoms with Crippen LogP contribution in [-0.2, 0) is 4.79 Å². The number of amides is 1. The fraction of sp³-hybridized carbons (Fsp3) is 0.417. The Bertz CT molecular complexity index is 435. The molecule has 92 valence electrons. The maximum Gasteiger partial charge on any atom is 0.260 e. The Morgan fingerprint density at radius 3 is 2.47 bits per heavy atom. The zero-order valence-corrected chi connectivity index (χ0v) is 12.0. The first-order chi connectivity index (χ1) is 7.98. The summed E-state index contributed by atoms with van der Waals surface area (Å²) in [5.41, 5.74) is 1.45. The standard InChI is InChI=1S/C12H15IN2O2/c1-9-3-5-10(6-4-9)14-7-12(2,8-16)11(17)15(14)13/h3-6,16H,7-8H2,1-2H3. The smallest absolute Gasteiger partial charge is 0.260 e. The van der Waals surface area contributed by atoms with E-state index in [9.17, 15) is 9.90 Å². The summed E-state index contributed by atoms with van der Waals surface area (Å²) >= 11 is 1.98. The van der Waals surface area contributed by atoms with Gasteiger partial charge in [0.25, 0.3) is 5.91 Å². The van der Waals surface area contributed by atoms with Crippen LogP contribution in [0, 0.1) is 12.3 Å². The van der Waals surface area contributed by atoms with Crippen molar-refractivity contribution in [1.82, 2.24) is 3.22 Å². The van der Waals surface area contributed by atoms with Gasteiger partial charge in [-0.05, 0) is 26.0 Å². The van der Waals surface area contributed by atoms with Crippen LogP contribution in [0.15, 0.2) is 24.3 Å². The number of aliphatic hydroxyl groups is 1. The zero-order chi connectivity index (χ0) is 12.6. The molecule has 0 bridgehead atoms. The summed E-state index contributed by atoms with van der Waals surface area (Å²) in [5, 5.41) is 11.2. The van der Waals surface area contributed by atoms with Crippen molar-refractivity contribution in [3.8, 4) is 0 Å². The van der Waals surface area contributed by atoms with Crippen LogP contribution < -0.4 is 5.01 Å². The number of halogens is 1. The van der Waals surface area contributed by atoms with Gasteiger partial charge in [0.1, 0.15) is 0 Å². The third-order valence-electron chi connectivity index (χ3n) is 3.08. The summed E-state index contributed by atoms with van der Waals surface area (Å²) in [7, 11) is 0. The lowest BCUT2D eigenvalue weighted by molar-refractivity contribution is -0.131. The summed E-state index contributed by atoms with van der Waals surface area (Å²) in [6, 6.07) is 7.99. The quantitative estimate of drug-likeness (QED) is 0.657. The molecular formula is C12H15IN2O2. The van der Waals surface area contributed by atoms with Crippen molar-refractivity contribution < 1.29 is 9.90 Å². The molecule has 0 aliphatic carbocycles. The van der Waals surface area contributed by atoms with Crippen LogP contribution in [0.4, 0.5) is 5.69 Å². The van der Waals surface area contributed by atoms with Crippen LogP contribution in [0.1, 0.15) is 12.5 Å². The second kappa shape index (κ2) is 4.45. The molecule has 1 aromatic carbocycles. The summed E-state index contributed by atoms with van der Waals surface area (Å²) < 4.78 is 1.55. The Balaban J connectivity index is 2.30. The number of anilines is 1. The number of benzene rings is 1. The van der Waals surface area contributed by atoms with E-state index < -0.39 is 5.41 Å². The summed E-state index contributed by atoms with van der Waals surface area (Å²) in [6.45, 7) is 4.19. The summed E-state index contributed by atoms with van der Waals surface area (Å²) in [6.07, 6.45) is 0. The Kier molecular flexibility index (Phi) is 3.31. The highest BCUT2D eigenvalue weighted by molar-refractivity contribution is 14.1. The first-order valence-corrected chi connectivity index (χ1v) is 6.40. The fourth-order valence-electron chi connectivity index (χ4n) is 1.82. The van der Waals surface area contributed by atoms with Crippen LogP contribution >= 0.6 is 22.9 Å². The second-order valence-corrected chi connectivity index (χ2v) is 5.59. The molecule has 5 heteroatoms. The van der Waals surface area contributed by atoms with Gasteiger partial charge in [0.05, 0.1) is 47.1 Å². The largest absolute Gasteiger partial charge is 0.395 e. The van der Waals surface area contributed by atoms with E-state index in [1.54, 1.807) is 10.1 Å². The molecule has 1 N–H and O–H groups in total. The maximum absolute atomic E-state index is 12.0. The minimum Gasteiger partial charge on any atom is -0.395 e. The van der Waals surface area contributed by atoms with Gasteiger partial charge in [0, 0.05) is 0 Å². The SMILES string of the molecule is Cc1ccc(N2CC(C)(CO)C(=O)N2I)cc1. The predicted octanol–water partition coefficient (Wildman–Crippen LogP) is 1.91. The number of hydrogen-bond acceptors (Lipinski definition) is 3. The van der Waals surface area contributed by atoms with E-state index in [0.717, 1.165) is 5.69 Å². The van der Waals surface area contributed by atoms with Gasteiger partial charge in [-0.1, -0.05) is 17.7 Å². The fourth-order valence-corrected chi connectivity index (χ4v) is 2.80. The Morgan fingerprint density at radius 2 is 2.00 bits per heavy atom. The molecule has 0 saturated carbocycles. The molecule has 1 aliphatic heterocycles. The van der Waals surface area contributed by atoms with Crippen molar-refractivity contribution in [1.29, 1.82) is 0 Å². The molecule has 1 aliphatic rings. The average Bonchev–Trinajstić information content (AvgIpc) is 2.56. The van der Waals surface area contributed by atoms with Gasteiger partial charge in [0.2, 0.25) is 0 Å². The topological polar surface area (TPSA) is 43.8 Å². The highest BCUT2D eigenvalue weighted by atomic mass is 127. The summed E-state index contributed by atoms with van der Waals surface area (Å²) in [5.74, 6) is -0.0545. The van der Waals surface area contributed by atoms with Crippen LogP contribution in [0.2, 0.25) is 0 Å². The minimum absolute atomic E-state index is 0.0545. The number of carbonyl (C=O) groups is 1. The highest BCUT2D eigenvalue weighted by Gasteiger charge is 2.46. The van der Waals surface area contributed by atoms with Gasteiger partial charge in [0.15, 0.2) is 0 Å². The molecule has 1 heterocycles. The second-order valence-electron chi connectivity index (χ2n) is 4.68. The zero-order valence-electron chi connectivity index (χ0n) is 9.85. The maximum atomic E-state index is 12.0. The van der Waals surface area contributed by atoms with Gasteiger partial charge in [-0.2, -0.15) is 3.22 Å². The normalized spacial score (nSPS) is 24.6. The van der Waals surface area contributed by atoms with E-state index in [-0.39, 0.29) is 12.5 Å². The Morgan fingerprint density at radius 1 is 1.41 bits per heavy atom. The minimum atomic E-state index is -0.702. The Labute approximate surface area is 115 Å². The predicted molar refractivity (Wildman–Crippen MR) is 74.6 cm³/mol. The lowest BCUT2D eigenvalue weighted by Gasteiger charge is -2.23. The molecule has 17 heavy (non-hydrogen) atoms. The van der Waals surface area contributed by atoms with E-state index >= 15 is 0 Å². The van der Waals surface area contributed by atoms with Gasteiger partial charge in [-0.15, -0.1) is 0 Å². The third-order valence-corrected chi connectivity index (χ3v) is 4.03. The van der Waals surface area contributed by atoms with E-state index in [0.29, 0.717) is 6.54 Å². The number of aryl methyl sites for hydroxylation is 1. The monoisotopic (exact) mass is 346 g/mol. The molecule has 1 saturated heterocycles. The highest BCUT2D eigenvalue weighted by Crippen LogP contribution is 2.35. The first-order valence-electron chi connectivity index (χ1n) is 5.43. The van der Waals surface area contributed by atoms with Crippen molar-refractivity contribution in [3.05, 3.63) is 29.8 Å². The molecule has 1 unspecified atom stereocenters. The van der Waals surface area contributed by atoms with Crippen LogP contribution in [0.25, 0.3) is 0 Å². The van der Waals surface area contributed by atoms with E-state index in [1.807, 2.05) is 59.1 Å². The van der Waals surface area contributed by atoms with Crippen LogP contribution in [0.5, 0.6) is 0 Å². The van der Waals surface area contributed by atoms with Crippen molar-refractivity contribution in [2.45, 2.75) is 13.8 Å². The molecule has 0 radical (unpaired) electrons. The first kappa shape index (κ1) is 12.6. The lowest BCUT2D eigenvalue weighted by Crippen LogP contribution is -2.32. The van der Waals surface area contributed by atoms with Gasteiger partial charge in [-0.25, -0.2) is 0 Å². The van der Waals surface area contributed by atoms with Gasteiger partial charge >= 0.3 is 0 Å². The van der Waals surface area contributed by atoms with E-state index in [4.69, 9.17) is 0 Å². The molecule has 0 spiro atoms. The van der Waals surface area contributed by atoms with Crippen LogP contribution in [-0.4, -0.2) is 27.4 Å². The Hall–Kier alpha value is -0.820. The van der Waals surface area contributed by atoms with Crippen molar-refractivity contribution in [3.63, 3.8) is 0 Å². The van der Waals surface area contributed by atoms with Gasteiger partial charge in [-0.3, -0.25) is 9.80 Å². The van der Waals surface area contributed by atoms with Crippen molar-refractivity contribution in [2.24, 2.45) is 5.41 Å². The third kappa shape index (κ3) is 2.13. The average molecular weight is 346 g/mol. The number of hydrazine groups is 1. The van der Waals surface area contributed by atoms with Crippen molar-refractivity contribution >= 4 is 34.5 Å². The molecule has 1 fully saturated rings. The number of hydrogen-bond donors (Lipinski definition) is 1. The molecule has 1 aromatic rings. The lowest BCUT2D eigenvalue weighted by atomic mass is 9.92. The van der Waals surface area contributed by atoms with Crippen molar-refractivity contribution in [2.75, 3.05) is 18.2 Å². The number of aliphatic hydroxyl groups excluding tert-OH is 1. The summed E-state index contributed by atoms with van der Waals surface area (Å²) in [4.78, 5) is 12.0. The molecule has 4 nitrogen and oxygen atoms in total. The molecule has 1 atom stereocenters. The number of rotatable bonds is 2. The molecular weight excluding hydrogens is 331 g/mol. The van der Waals surface area contributed by atoms with Gasteiger partial charge < -0.3 is 5.11 Å². The molecule has 2 rings (SSSR count). The van der Waals surface area contributed by atoms with Crippen LogP contribution in [0.3, 0.4) is 0 Å². The van der Waals surface area contributed by atoms with E-state index in [2.05, 4.69) is 0 Å². The van der Waals surface area contributed by atoms with E-state index in [1.165, 1.54) is 5.56 Å². The number of carbonyl (C=O) groups excluding carboxylic acids is 1. The molecule has 1 amide bonds.